The number of hydrogen-bond acceptors (Lipinski definition) is 7. The lowest BCUT2D eigenvalue weighted by Crippen LogP contribution is -2.32. The van der Waals surface area contributed by atoms with Crippen LogP contribution in [-0.2, 0) is 14.8 Å². The molecule has 134 valence electrons. The minimum Gasteiger partial charge on any atom is -0.459 e. The zero-order chi connectivity index (χ0) is 18.5. The lowest BCUT2D eigenvalue weighted by molar-refractivity contribution is -0.385. The van der Waals surface area contributed by atoms with Gasteiger partial charge in [-0.25, -0.2) is 17.9 Å². The first kappa shape index (κ1) is 20.0. The number of nitro benzene ring substituents is 1. The van der Waals surface area contributed by atoms with Crippen molar-refractivity contribution in [3.63, 3.8) is 0 Å². The van der Waals surface area contributed by atoms with E-state index in [0.29, 0.717) is 6.54 Å². The molecule has 0 atom stereocenters. The van der Waals surface area contributed by atoms with Crippen molar-refractivity contribution in [2.24, 2.45) is 0 Å². The summed E-state index contributed by atoms with van der Waals surface area (Å²) in [6.45, 7) is 3.66. The molecule has 0 unspecified atom stereocenters. The average molecular weight is 359 g/mol. The van der Waals surface area contributed by atoms with Gasteiger partial charge in [0.1, 0.15) is 4.90 Å². The number of sulfonamides is 1. The van der Waals surface area contributed by atoms with Crippen LogP contribution in [0.25, 0.3) is 0 Å². The van der Waals surface area contributed by atoms with Gasteiger partial charge in [0.15, 0.2) is 5.56 Å². The smallest absolute Gasteiger partial charge is 0.346 e. The summed E-state index contributed by atoms with van der Waals surface area (Å²) >= 11 is 0. The van der Waals surface area contributed by atoms with Crippen LogP contribution in [-0.4, -0.2) is 57.5 Å². The van der Waals surface area contributed by atoms with E-state index in [1.807, 2.05) is 0 Å². The van der Waals surface area contributed by atoms with Gasteiger partial charge in [0, 0.05) is 19.2 Å². The lowest BCUT2D eigenvalue weighted by atomic mass is 10.2. The molecule has 0 spiro atoms. The summed E-state index contributed by atoms with van der Waals surface area (Å²) in [5.74, 6) is -1.05. The van der Waals surface area contributed by atoms with E-state index in [2.05, 4.69) is 4.72 Å². The van der Waals surface area contributed by atoms with Gasteiger partial charge >= 0.3 is 5.97 Å². The van der Waals surface area contributed by atoms with Crippen molar-refractivity contribution in [3.05, 3.63) is 33.9 Å². The SMILES string of the molecule is CC(C)OC(=O)c1c([N+](=O)[O-])cccc1S(=O)(=O)NCCN(C)C. The normalized spacial score (nSPS) is 11.8. The number of hydrogen-bond donors (Lipinski definition) is 1. The molecule has 9 nitrogen and oxygen atoms in total. The fourth-order valence-corrected chi connectivity index (χ4v) is 3.09. The highest BCUT2D eigenvalue weighted by Gasteiger charge is 2.31. The Hall–Kier alpha value is -2.04. The van der Waals surface area contributed by atoms with Gasteiger partial charge < -0.3 is 9.64 Å². The summed E-state index contributed by atoms with van der Waals surface area (Å²) in [4.78, 5) is 23.9. The van der Waals surface area contributed by atoms with Crippen LogP contribution in [0.2, 0.25) is 0 Å². The first-order valence-corrected chi connectivity index (χ1v) is 8.67. The Morgan fingerprint density at radius 2 is 2.00 bits per heavy atom. The molecule has 0 amide bonds. The van der Waals surface area contributed by atoms with Gasteiger partial charge in [-0.2, -0.15) is 0 Å². The molecule has 1 aromatic carbocycles. The first-order valence-electron chi connectivity index (χ1n) is 7.19. The Labute approximate surface area is 140 Å². The third-order valence-electron chi connectivity index (χ3n) is 2.89. The molecule has 1 aromatic rings. The van der Waals surface area contributed by atoms with Crippen molar-refractivity contribution in [3.8, 4) is 0 Å². The minimum atomic E-state index is -4.11. The molecular formula is C14H21N3O6S. The van der Waals surface area contributed by atoms with Crippen LogP contribution in [0, 0.1) is 10.1 Å². The number of ether oxygens (including phenoxy) is 1. The number of nitro groups is 1. The first-order chi connectivity index (χ1) is 11.1. The Morgan fingerprint density at radius 3 is 2.50 bits per heavy atom. The highest BCUT2D eigenvalue weighted by molar-refractivity contribution is 7.89. The monoisotopic (exact) mass is 359 g/mol. The van der Waals surface area contributed by atoms with Gasteiger partial charge in [-0.1, -0.05) is 6.07 Å². The third-order valence-corrected chi connectivity index (χ3v) is 4.39. The van der Waals surface area contributed by atoms with Crippen LogP contribution in [0.1, 0.15) is 24.2 Å². The van der Waals surface area contributed by atoms with Crippen LogP contribution >= 0.6 is 0 Å². The molecule has 0 saturated carbocycles. The number of carbonyl (C=O) groups excluding carboxylic acids is 1. The van der Waals surface area contributed by atoms with E-state index in [9.17, 15) is 23.3 Å². The molecule has 0 heterocycles. The summed E-state index contributed by atoms with van der Waals surface area (Å²) in [6.07, 6.45) is -0.547. The Kier molecular flexibility index (Phi) is 6.81. The van der Waals surface area contributed by atoms with Crippen LogP contribution in [0.5, 0.6) is 0 Å². The number of nitrogens with one attached hydrogen (secondary N) is 1. The third kappa shape index (κ3) is 5.25. The quantitative estimate of drug-likeness (QED) is 0.418. The van der Waals surface area contributed by atoms with Crippen LogP contribution in [0.3, 0.4) is 0 Å². The molecule has 0 aliphatic heterocycles. The highest BCUT2D eigenvalue weighted by Crippen LogP contribution is 2.27. The molecule has 0 aromatic heterocycles. The predicted octanol–water partition coefficient (Wildman–Crippen LogP) is 1.000. The van der Waals surface area contributed by atoms with Gasteiger partial charge in [-0.3, -0.25) is 10.1 Å². The number of benzene rings is 1. The molecule has 0 aliphatic carbocycles. The Balaban J connectivity index is 3.34. The molecule has 0 bridgehead atoms. The molecule has 0 saturated heterocycles. The second kappa shape index (κ2) is 8.18. The zero-order valence-corrected chi connectivity index (χ0v) is 14.8. The summed E-state index contributed by atoms with van der Waals surface area (Å²) < 4.78 is 32.2. The van der Waals surface area contributed by atoms with E-state index in [-0.39, 0.29) is 6.54 Å². The van der Waals surface area contributed by atoms with Gasteiger partial charge in [-0.05, 0) is 34.0 Å². The van der Waals surface area contributed by atoms with Gasteiger partial charge in [0.25, 0.3) is 5.69 Å². The maximum absolute atomic E-state index is 12.4. The van der Waals surface area contributed by atoms with Crippen molar-refractivity contribution in [1.29, 1.82) is 0 Å². The number of likely N-dealkylation sites (N-methyl/N-ethyl adjacent to an activating group) is 1. The second-order valence-corrected chi connectivity index (χ2v) is 7.30. The maximum Gasteiger partial charge on any atom is 0.346 e. The Morgan fingerprint density at radius 1 is 1.38 bits per heavy atom. The molecule has 0 radical (unpaired) electrons. The highest BCUT2D eigenvalue weighted by atomic mass is 32.2. The number of rotatable bonds is 8. The van der Waals surface area contributed by atoms with Crippen LogP contribution < -0.4 is 4.72 Å². The number of esters is 1. The van der Waals surface area contributed by atoms with Crippen molar-refractivity contribution in [2.75, 3.05) is 27.2 Å². The summed E-state index contributed by atoms with van der Waals surface area (Å²) in [5.41, 5.74) is -1.19. The number of carbonyl (C=O) groups is 1. The van der Waals surface area contributed by atoms with E-state index in [0.717, 1.165) is 12.1 Å². The summed E-state index contributed by atoms with van der Waals surface area (Å²) in [5, 5.41) is 11.2. The molecule has 1 N–H and O–H groups in total. The largest absolute Gasteiger partial charge is 0.459 e. The maximum atomic E-state index is 12.4. The molecule has 0 fully saturated rings. The average Bonchev–Trinajstić information content (AvgIpc) is 2.44. The van der Waals surface area contributed by atoms with Crippen molar-refractivity contribution < 1.29 is 22.9 Å². The molecule has 24 heavy (non-hydrogen) atoms. The molecule has 0 aliphatic rings. The van der Waals surface area contributed by atoms with E-state index in [4.69, 9.17) is 4.74 Å². The summed E-state index contributed by atoms with van der Waals surface area (Å²) in [6, 6.07) is 3.42. The predicted molar refractivity (Wildman–Crippen MR) is 87.4 cm³/mol. The van der Waals surface area contributed by atoms with E-state index in [1.165, 1.54) is 6.07 Å². The topological polar surface area (TPSA) is 119 Å². The molecule has 10 heteroatoms. The van der Waals surface area contributed by atoms with Gasteiger partial charge in [0.05, 0.1) is 11.0 Å². The summed E-state index contributed by atoms with van der Waals surface area (Å²) in [7, 11) is -0.564. The van der Waals surface area contributed by atoms with Gasteiger partial charge in [-0.15, -0.1) is 0 Å². The van der Waals surface area contributed by atoms with Crippen molar-refractivity contribution in [1.82, 2.24) is 9.62 Å². The zero-order valence-electron chi connectivity index (χ0n) is 14.0. The second-order valence-electron chi connectivity index (χ2n) is 5.56. The standard InChI is InChI=1S/C14H21N3O6S/c1-10(2)23-14(18)13-11(17(19)20)6-5-7-12(13)24(21,22)15-8-9-16(3)4/h5-7,10,15H,8-9H2,1-4H3. The fraction of sp³-hybridized carbons (Fsp3) is 0.500. The van der Waals surface area contributed by atoms with E-state index >= 15 is 0 Å². The van der Waals surface area contributed by atoms with Crippen LogP contribution in [0.15, 0.2) is 23.1 Å². The lowest BCUT2D eigenvalue weighted by Gasteiger charge is -2.14. The van der Waals surface area contributed by atoms with E-state index in [1.54, 1.807) is 32.8 Å². The van der Waals surface area contributed by atoms with Crippen molar-refractivity contribution in [2.45, 2.75) is 24.8 Å². The molecule has 1 rings (SSSR count). The van der Waals surface area contributed by atoms with Crippen molar-refractivity contribution >= 4 is 21.7 Å². The van der Waals surface area contributed by atoms with Crippen LogP contribution in [0.4, 0.5) is 5.69 Å². The number of nitrogens with zero attached hydrogens (tertiary/aromatic N) is 2. The Bertz CT molecular complexity index is 715. The minimum absolute atomic E-state index is 0.0939. The molecular weight excluding hydrogens is 338 g/mol. The van der Waals surface area contributed by atoms with E-state index < -0.39 is 43.2 Å². The van der Waals surface area contributed by atoms with Gasteiger partial charge in [0.2, 0.25) is 10.0 Å². The fourth-order valence-electron chi connectivity index (χ4n) is 1.86.